The molecular weight excluding hydrogens is 431 g/mol. The summed E-state index contributed by atoms with van der Waals surface area (Å²) in [5.41, 5.74) is -0.182. The second-order valence-electron chi connectivity index (χ2n) is 8.79. The van der Waals surface area contributed by atoms with E-state index in [1.807, 2.05) is 12.3 Å². The van der Waals surface area contributed by atoms with E-state index in [2.05, 4.69) is 22.6 Å². The van der Waals surface area contributed by atoms with E-state index in [0.717, 1.165) is 22.6 Å². The average Bonchev–Trinajstić information content (AvgIpc) is 3.32. The first-order valence-electron chi connectivity index (χ1n) is 10.4. The number of hydrogen-bond acceptors (Lipinski definition) is 7. The zero-order valence-electron chi connectivity index (χ0n) is 16.8. The third kappa shape index (κ3) is 3.80. The van der Waals surface area contributed by atoms with E-state index in [9.17, 15) is 5.11 Å². The van der Waals surface area contributed by atoms with Crippen LogP contribution < -0.4 is 5.32 Å². The second-order valence-corrected chi connectivity index (χ2v) is 10.5. The van der Waals surface area contributed by atoms with Crippen molar-refractivity contribution in [2.45, 2.75) is 68.6 Å². The third-order valence-electron chi connectivity index (χ3n) is 6.42. The third-order valence-corrected chi connectivity index (χ3v) is 7.89. The van der Waals surface area contributed by atoms with E-state index in [4.69, 9.17) is 21.1 Å². The fourth-order valence-electron chi connectivity index (χ4n) is 4.97. The minimum Gasteiger partial charge on any atom is -0.386 e. The van der Waals surface area contributed by atoms with Gasteiger partial charge in [-0.25, -0.2) is 9.07 Å². The lowest BCUT2D eigenvalue weighted by atomic mass is 9.79. The zero-order valence-corrected chi connectivity index (χ0v) is 18.4. The van der Waals surface area contributed by atoms with Gasteiger partial charge in [-0.3, -0.25) is 0 Å². The summed E-state index contributed by atoms with van der Waals surface area (Å²) in [4.78, 5) is 1.00. The van der Waals surface area contributed by atoms with Crippen LogP contribution in [-0.4, -0.2) is 51.6 Å². The Morgan fingerprint density at radius 1 is 1.40 bits per heavy atom. The van der Waals surface area contributed by atoms with Gasteiger partial charge in [0.25, 0.3) is 0 Å². The molecule has 30 heavy (non-hydrogen) atoms. The lowest BCUT2D eigenvalue weighted by Crippen LogP contribution is -2.50. The number of fused-ring (bicyclic) bond motifs is 2. The van der Waals surface area contributed by atoms with Gasteiger partial charge in [-0.1, -0.05) is 16.8 Å². The maximum atomic E-state index is 15.0. The van der Waals surface area contributed by atoms with Gasteiger partial charge in [-0.2, -0.15) is 0 Å². The monoisotopic (exact) mass is 456 g/mol. The Morgan fingerprint density at radius 2 is 2.20 bits per heavy atom. The quantitative estimate of drug-likeness (QED) is 0.737. The van der Waals surface area contributed by atoms with Crippen molar-refractivity contribution >= 4 is 22.9 Å². The summed E-state index contributed by atoms with van der Waals surface area (Å²) in [6.07, 6.45) is 3.37. The maximum absolute atomic E-state index is 15.0. The van der Waals surface area contributed by atoms with Crippen LogP contribution in [0.4, 0.5) is 4.39 Å². The predicted octanol–water partition coefficient (Wildman–Crippen LogP) is 3.28. The minimum atomic E-state index is -1.30. The van der Waals surface area contributed by atoms with Gasteiger partial charge in [0.05, 0.1) is 35.4 Å². The number of nitrogens with zero attached hydrogens (tertiary/aromatic N) is 3. The first-order valence-corrected chi connectivity index (χ1v) is 11.6. The maximum Gasteiger partial charge on any atom is 0.134 e. The van der Waals surface area contributed by atoms with Crippen molar-refractivity contribution in [2.24, 2.45) is 0 Å². The summed E-state index contributed by atoms with van der Waals surface area (Å²) in [5.74, 6) is 0. The van der Waals surface area contributed by atoms with Crippen molar-refractivity contribution in [1.82, 2.24) is 20.3 Å². The Balaban J connectivity index is 1.39. The van der Waals surface area contributed by atoms with Crippen LogP contribution in [0.2, 0.25) is 4.34 Å². The van der Waals surface area contributed by atoms with Gasteiger partial charge in [-0.05, 0) is 19.4 Å². The SMILES string of the molecule is C[C@H]1C[C@@]2(C[C@@H](c3cn(CC4(F)CCOCC4)nn3)N1)OC[C@@H](O)c1cc(Cl)sc12. The lowest BCUT2D eigenvalue weighted by Gasteiger charge is -2.46. The molecule has 5 heterocycles. The van der Waals surface area contributed by atoms with Crippen molar-refractivity contribution in [3.63, 3.8) is 0 Å². The number of aromatic nitrogens is 3. The first kappa shape index (κ1) is 20.8. The molecule has 0 bridgehead atoms. The number of ether oxygens (including phenoxy) is 2. The van der Waals surface area contributed by atoms with Gasteiger partial charge in [0, 0.05) is 49.0 Å². The molecule has 2 fully saturated rings. The van der Waals surface area contributed by atoms with E-state index in [0.29, 0.717) is 36.8 Å². The van der Waals surface area contributed by atoms with Gasteiger partial charge < -0.3 is 19.9 Å². The highest BCUT2D eigenvalue weighted by atomic mass is 35.5. The van der Waals surface area contributed by atoms with Gasteiger partial charge in [0.15, 0.2) is 0 Å². The van der Waals surface area contributed by atoms with Crippen molar-refractivity contribution in [3.8, 4) is 0 Å². The summed E-state index contributed by atoms with van der Waals surface area (Å²) in [7, 11) is 0. The Bertz CT molecular complexity index is 918. The Morgan fingerprint density at radius 3 is 3.00 bits per heavy atom. The van der Waals surface area contributed by atoms with Crippen LogP contribution in [0.1, 0.15) is 60.9 Å². The summed E-state index contributed by atoms with van der Waals surface area (Å²) in [6, 6.07) is 1.93. The van der Waals surface area contributed by atoms with Crippen molar-refractivity contribution in [3.05, 3.63) is 32.7 Å². The Hall–Kier alpha value is -1.10. The number of thiophene rings is 1. The number of nitrogens with one attached hydrogen (secondary N) is 1. The highest BCUT2D eigenvalue weighted by Crippen LogP contribution is 2.51. The van der Waals surface area contributed by atoms with E-state index in [1.54, 1.807) is 4.68 Å². The highest BCUT2D eigenvalue weighted by Gasteiger charge is 2.48. The molecule has 2 aromatic rings. The number of hydrogen-bond donors (Lipinski definition) is 2. The van der Waals surface area contributed by atoms with E-state index in [1.165, 1.54) is 11.3 Å². The van der Waals surface area contributed by atoms with Crippen molar-refractivity contribution in [1.29, 1.82) is 0 Å². The fraction of sp³-hybridized carbons (Fsp3) is 0.700. The Kier molecular flexibility index (Phi) is 5.40. The molecule has 3 aliphatic rings. The predicted molar refractivity (Wildman–Crippen MR) is 110 cm³/mol. The molecule has 4 atom stereocenters. The van der Waals surface area contributed by atoms with Crippen LogP contribution in [0.15, 0.2) is 12.3 Å². The van der Waals surface area contributed by atoms with E-state index in [-0.39, 0.29) is 25.2 Å². The number of alkyl halides is 1. The minimum absolute atomic E-state index is 0.0864. The fourth-order valence-corrected chi connectivity index (χ4v) is 6.42. The lowest BCUT2D eigenvalue weighted by molar-refractivity contribution is -0.129. The number of rotatable bonds is 3. The van der Waals surface area contributed by atoms with Gasteiger partial charge in [0.1, 0.15) is 17.4 Å². The smallest absolute Gasteiger partial charge is 0.134 e. The Labute approximate surface area is 183 Å². The van der Waals surface area contributed by atoms with Crippen LogP contribution in [0, 0.1) is 0 Å². The molecule has 7 nitrogen and oxygen atoms in total. The van der Waals surface area contributed by atoms with Crippen LogP contribution >= 0.6 is 22.9 Å². The average molecular weight is 457 g/mol. The standard InChI is InChI=1S/C20H26ClFN4O3S/c1-12-7-20(18-13(6-17(21)30-18)16(27)10-29-20)8-14(23-12)15-9-26(25-24-15)11-19(22)2-4-28-5-3-19/h6,9,12,14,16,23,27H,2-5,7-8,10-11H2,1H3/t12-,14-,16+,20-/m0/s1. The molecule has 0 amide bonds. The normalized spacial score (nSPS) is 33.5. The van der Waals surface area contributed by atoms with Crippen LogP contribution in [0.25, 0.3) is 0 Å². The molecule has 164 valence electrons. The molecule has 3 aliphatic heterocycles. The zero-order chi connectivity index (χ0) is 20.9. The van der Waals surface area contributed by atoms with E-state index >= 15 is 4.39 Å². The molecule has 1 spiro atoms. The molecule has 0 unspecified atom stereocenters. The second kappa shape index (κ2) is 7.79. The largest absolute Gasteiger partial charge is 0.386 e. The van der Waals surface area contributed by atoms with Gasteiger partial charge in [0.2, 0.25) is 0 Å². The molecule has 0 radical (unpaired) electrons. The van der Waals surface area contributed by atoms with E-state index < -0.39 is 17.4 Å². The molecule has 2 N–H and O–H groups in total. The summed E-state index contributed by atoms with van der Waals surface area (Å²) in [6.45, 7) is 3.43. The summed E-state index contributed by atoms with van der Waals surface area (Å²) in [5, 5.41) is 22.5. The number of aliphatic hydroxyl groups excluding tert-OH is 1. The van der Waals surface area contributed by atoms with Crippen LogP contribution in [0.3, 0.4) is 0 Å². The topological polar surface area (TPSA) is 81.4 Å². The summed E-state index contributed by atoms with van der Waals surface area (Å²) < 4.78 is 28.8. The molecule has 0 aromatic carbocycles. The van der Waals surface area contributed by atoms with Crippen LogP contribution in [0.5, 0.6) is 0 Å². The molecule has 5 rings (SSSR count). The first-order chi connectivity index (χ1) is 14.4. The summed E-state index contributed by atoms with van der Waals surface area (Å²) >= 11 is 7.76. The number of halogens is 2. The molecule has 10 heteroatoms. The van der Waals surface area contributed by atoms with Crippen LogP contribution in [-0.2, 0) is 21.6 Å². The molecular formula is C20H26ClFN4O3S. The van der Waals surface area contributed by atoms with Crippen molar-refractivity contribution in [2.75, 3.05) is 19.8 Å². The van der Waals surface area contributed by atoms with Gasteiger partial charge in [-0.15, -0.1) is 16.4 Å². The number of piperidine rings is 1. The molecule has 0 aliphatic carbocycles. The van der Waals surface area contributed by atoms with Gasteiger partial charge >= 0.3 is 0 Å². The van der Waals surface area contributed by atoms with Crippen molar-refractivity contribution < 1.29 is 19.0 Å². The molecule has 2 saturated heterocycles. The highest BCUT2D eigenvalue weighted by molar-refractivity contribution is 7.16. The molecule has 0 saturated carbocycles. The molecule has 2 aromatic heterocycles. The number of aliphatic hydroxyl groups is 1.